The van der Waals surface area contributed by atoms with Crippen molar-refractivity contribution in [3.63, 3.8) is 0 Å². The van der Waals surface area contributed by atoms with Gasteiger partial charge in [0.15, 0.2) is 5.78 Å². The highest BCUT2D eigenvalue weighted by molar-refractivity contribution is 5.96. The SMILES string of the molecule is Cc1ccccc1NC(=O)N1C=CC(=O)CC1c1ccc(F)cc1. The fourth-order valence-electron chi connectivity index (χ4n) is 2.69. The van der Waals surface area contributed by atoms with E-state index in [4.69, 9.17) is 0 Å². The summed E-state index contributed by atoms with van der Waals surface area (Å²) in [5.41, 5.74) is 2.38. The third-order valence-corrected chi connectivity index (χ3v) is 4.03. The van der Waals surface area contributed by atoms with Gasteiger partial charge in [-0.3, -0.25) is 9.69 Å². The van der Waals surface area contributed by atoms with Gasteiger partial charge in [0.05, 0.1) is 6.04 Å². The number of hydrogen-bond acceptors (Lipinski definition) is 2. The number of carbonyl (C=O) groups excluding carboxylic acids is 2. The van der Waals surface area contributed by atoms with E-state index in [1.54, 1.807) is 12.1 Å². The zero-order valence-corrected chi connectivity index (χ0v) is 13.2. The highest BCUT2D eigenvalue weighted by Crippen LogP contribution is 2.29. The smallest absolute Gasteiger partial charge is 0.307 e. The van der Waals surface area contributed by atoms with Crippen LogP contribution in [0.4, 0.5) is 14.9 Å². The summed E-state index contributed by atoms with van der Waals surface area (Å²) in [6, 6.07) is 12.5. The molecule has 0 aliphatic carbocycles. The second-order valence-electron chi connectivity index (χ2n) is 5.71. The minimum absolute atomic E-state index is 0.0655. The molecule has 0 saturated heterocycles. The summed E-state index contributed by atoms with van der Waals surface area (Å²) in [5, 5.41) is 2.86. The summed E-state index contributed by atoms with van der Waals surface area (Å²) in [7, 11) is 0. The first-order valence-electron chi connectivity index (χ1n) is 7.66. The number of ketones is 1. The van der Waals surface area contributed by atoms with Gasteiger partial charge in [0.25, 0.3) is 0 Å². The number of urea groups is 1. The van der Waals surface area contributed by atoms with Crippen molar-refractivity contribution in [1.29, 1.82) is 0 Å². The van der Waals surface area contributed by atoms with Gasteiger partial charge >= 0.3 is 6.03 Å². The van der Waals surface area contributed by atoms with Crippen molar-refractivity contribution >= 4 is 17.5 Å². The number of para-hydroxylation sites is 1. The largest absolute Gasteiger partial charge is 0.326 e. The predicted octanol–water partition coefficient (Wildman–Crippen LogP) is 4.20. The molecular weight excluding hydrogens is 307 g/mol. The minimum Gasteiger partial charge on any atom is -0.307 e. The van der Waals surface area contributed by atoms with Crippen molar-refractivity contribution in [2.75, 3.05) is 5.32 Å². The molecule has 0 bridgehead atoms. The monoisotopic (exact) mass is 324 g/mol. The maximum absolute atomic E-state index is 13.1. The molecule has 1 atom stereocenters. The van der Waals surface area contributed by atoms with Gasteiger partial charge < -0.3 is 5.32 Å². The van der Waals surface area contributed by atoms with Gasteiger partial charge in [-0.2, -0.15) is 0 Å². The molecule has 2 aromatic rings. The predicted molar refractivity (Wildman–Crippen MR) is 89.9 cm³/mol. The van der Waals surface area contributed by atoms with E-state index in [9.17, 15) is 14.0 Å². The van der Waals surface area contributed by atoms with Crippen molar-refractivity contribution in [2.45, 2.75) is 19.4 Å². The van der Waals surface area contributed by atoms with E-state index < -0.39 is 6.04 Å². The summed E-state index contributed by atoms with van der Waals surface area (Å²) in [6.45, 7) is 1.91. The number of anilines is 1. The minimum atomic E-state index is -0.452. The van der Waals surface area contributed by atoms with Crippen LogP contribution < -0.4 is 5.32 Å². The molecule has 0 fully saturated rings. The number of benzene rings is 2. The van der Waals surface area contributed by atoms with Crippen molar-refractivity contribution in [3.05, 3.63) is 77.8 Å². The second-order valence-corrected chi connectivity index (χ2v) is 5.71. The van der Waals surface area contributed by atoms with E-state index in [-0.39, 0.29) is 24.1 Å². The van der Waals surface area contributed by atoms with Crippen LogP contribution in [-0.4, -0.2) is 16.7 Å². The zero-order chi connectivity index (χ0) is 17.1. The van der Waals surface area contributed by atoms with Gasteiger partial charge in [-0.15, -0.1) is 0 Å². The van der Waals surface area contributed by atoms with Crippen LogP contribution in [0.5, 0.6) is 0 Å². The van der Waals surface area contributed by atoms with Crippen LogP contribution in [0.25, 0.3) is 0 Å². The van der Waals surface area contributed by atoms with Gasteiger partial charge in [0, 0.05) is 18.3 Å². The molecule has 0 spiro atoms. The molecule has 3 rings (SSSR count). The molecule has 1 unspecified atom stereocenters. The van der Waals surface area contributed by atoms with E-state index in [1.807, 2.05) is 31.2 Å². The van der Waals surface area contributed by atoms with E-state index >= 15 is 0 Å². The number of nitrogens with zero attached hydrogens (tertiary/aromatic N) is 1. The van der Waals surface area contributed by atoms with Crippen molar-refractivity contribution in [3.8, 4) is 0 Å². The molecule has 24 heavy (non-hydrogen) atoms. The average molecular weight is 324 g/mol. The van der Waals surface area contributed by atoms with E-state index in [0.29, 0.717) is 11.3 Å². The Labute approximate surface area is 139 Å². The topological polar surface area (TPSA) is 49.4 Å². The molecule has 5 heteroatoms. The Morgan fingerprint density at radius 3 is 2.58 bits per heavy atom. The molecule has 0 saturated carbocycles. The Kier molecular flexibility index (Phi) is 4.42. The van der Waals surface area contributed by atoms with Crippen LogP contribution in [-0.2, 0) is 4.79 Å². The normalized spacial score (nSPS) is 17.0. The van der Waals surface area contributed by atoms with Gasteiger partial charge in [-0.1, -0.05) is 30.3 Å². The maximum atomic E-state index is 13.1. The lowest BCUT2D eigenvalue weighted by atomic mass is 9.97. The molecule has 1 aliphatic heterocycles. The molecule has 1 N–H and O–H groups in total. The number of hydrogen-bond donors (Lipinski definition) is 1. The third-order valence-electron chi connectivity index (χ3n) is 4.03. The lowest BCUT2D eigenvalue weighted by Crippen LogP contribution is -2.37. The van der Waals surface area contributed by atoms with Crippen LogP contribution in [0.1, 0.15) is 23.6 Å². The van der Waals surface area contributed by atoms with Gasteiger partial charge in [0.1, 0.15) is 5.82 Å². The quantitative estimate of drug-likeness (QED) is 0.900. The number of nitrogens with one attached hydrogen (secondary N) is 1. The van der Waals surface area contributed by atoms with Crippen LogP contribution in [0.15, 0.2) is 60.8 Å². The number of rotatable bonds is 2. The summed E-state index contributed by atoms with van der Waals surface area (Å²) in [4.78, 5) is 25.9. The summed E-state index contributed by atoms with van der Waals surface area (Å²) >= 11 is 0. The first-order valence-corrected chi connectivity index (χ1v) is 7.66. The van der Waals surface area contributed by atoms with E-state index in [2.05, 4.69) is 5.32 Å². The molecule has 0 radical (unpaired) electrons. The Balaban J connectivity index is 1.87. The fourth-order valence-corrected chi connectivity index (χ4v) is 2.69. The van der Waals surface area contributed by atoms with E-state index in [0.717, 1.165) is 5.56 Å². The molecule has 0 aromatic heterocycles. The third kappa shape index (κ3) is 3.35. The average Bonchev–Trinajstić information content (AvgIpc) is 2.57. The molecule has 4 nitrogen and oxygen atoms in total. The van der Waals surface area contributed by atoms with Crippen LogP contribution in [0.3, 0.4) is 0 Å². The fraction of sp³-hybridized carbons (Fsp3) is 0.158. The molecule has 122 valence electrons. The number of allylic oxidation sites excluding steroid dienone is 1. The number of halogens is 1. The summed E-state index contributed by atoms with van der Waals surface area (Å²) < 4.78 is 13.1. The Hall–Kier alpha value is -2.95. The second kappa shape index (κ2) is 6.66. The number of aryl methyl sites for hydroxylation is 1. The highest BCUT2D eigenvalue weighted by atomic mass is 19.1. The van der Waals surface area contributed by atoms with Gasteiger partial charge in [-0.25, -0.2) is 9.18 Å². The first-order chi connectivity index (χ1) is 11.5. The molecule has 2 amide bonds. The number of carbonyl (C=O) groups is 2. The summed E-state index contributed by atoms with van der Waals surface area (Å²) in [6.07, 6.45) is 3.04. The first kappa shape index (κ1) is 15.9. The maximum Gasteiger partial charge on any atom is 0.326 e. The van der Waals surface area contributed by atoms with Crippen LogP contribution >= 0.6 is 0 Å². The lowest BCUT2D eigenvalue weighted by molar-refractivity contribution is -0.116. The Bertz CT molecular complexity index is 799. The summed E-state index contributed by atoms with van der Waals surface area (Å²) in [5.74, 6) is -0.420. The Morgan fingerprint density at radius 1 is 1.17 bits per heavy atom. The molecule has 1 heterocycles. The van der Waals surface area contributed by atoms with Crippen LogP contribution in [0.2, 0.25) is 0 Å². The number of amides is 2. The van der Waals surface area contributed by atoms with Gasteiger partial charge in [-0.05, 0) is 42.3 Å². The molecular formula is C19H17FN2O2. The van der Waals surface area contributed by atoms with Crippen molar-refractivity contribution in [2.24, 2.45) is 0 Å². The zero-order valence-electron chi connectivity index (χ0n) is 13.2. The Morgan fingerprint density at radius 2 is 1.88 bits per heavy atom. The lowest BCUT2D eigenvalue weighted by Gasteiger charge is -2.31. The molecule has 1 aliphatic rings. The highest BCUT2D eigenvalue weighted by Gasteiger charge is 2.28. The van der Waals surface area contributed by atoms with E-state index in [1.165, 1.54) is 29.3 Å². The van der Waals surface area contributed by atoms with Gasteiger partial charge in [0.2, 0.25) is 0 Å². The standard InChI is InChI=1S/C19H17FN2O2/c1-13-4-2-3-5-17(13)21-19(24)22-11-10-16(23)12-18(22)14-6-8-15(20)9-7-14/h2-11,18H,12H2,1H3,(H,21,24). The van der Waals surface area contributed by atoms with Crippen molar-refractivity contribution in [1.82, 2.24) is 4.90 Å². The molecule has 2 aromatic carbocycles. The van der Waals surface area contributed by atoms with Crippen molar-refractivity contribution < 1.29 is 14.0 Å². The van der Waals surface area contributed by atoms with Crippen LogP contribution in [0, 0.1) is 12.7 Å².